The lowest BCUT2D eigenvalue weighted by molar-refractivity contribution is -0.116. The van der Waals surface area contributed by atoms with Gasteiger partial charge in [0.05, 0.1) is 17.9 Å². The predicted molar refractivity (Wildman–Crippen MR) is 117 cm³/mol. The molecule has 0 spiro atoms. The molecule has 0 aliphatic heterocycles. The number of rotatable bonds is 5. The number of amides is 2. The van der Waals surface area contributed by atoms with Gasteiger partial charge < -0.3 is 10.2 Å². The van der Waals surface area contributed by atoms with Crippen LogP contribution in [0.3, 0.4) is 0 Å². The minimum Gasteiger partial charge on any atom is -0.332 e. The van der Waals surface area contributed by atoms with Crippen molar-refractivity contribution in [2.24, 2.45) is 0 Å². The molecule has 1 N–H and O–H groups in total. The third-order valence-electron chi connectivity index (χ3n) is 3.96. The van der Waals surface area contributed by atoms with Gasteiger partial charge in [0.25, 0.3) is 5.91 Å². The lowest BCUT2D eigenvalue weighted by Gasteiger charge is -2.16. The molecule has 0 fully saturated rings. The second kappa shape index (κ2) is 8.86. The van der Waals surface area contributed by atoms with Crippen LogP contribution in [0.4, 0.5) is 5.69 Å². The normalized spacial score (nSPS) is 10.6. The molecular weight excluding hydrogens is 462 g/mol. The number of nitrogens with one attached hydrogen (secondary N) is 1. The van der Waals surface area contributed by atoms with Crippen LogP contribution in [0.15, 0.2) is 53.0 Å². The van der Waals surface area contributed by atoms with E-state index in [1.54, 1.807) is 32.2 Å². The molecule has 0 unspecified atom stereocenters. The van der Waals surface area contributed by atoms with Gasteiger partial charge in [-0.25, -0.2) is 4.98 Å². The molecule has 0 radical (unpaired) electrons. The molecule has 0 saturated heterocycles. The van der Waals surface area contributed by atoms with Crippen LogP contribution >= 0.6 is 38.9 Å². The number of carbonyl (C=O) groups is 2. The SMILES string of the molecule is Cc1nc(-c2ccc(Cl)cc2)sc1C(=O)N(C)CC(=O)Nc1ccccc1Br. The molecule has 28 heavy (non-hydrogen) atoms. The van der Waals surface area contributed by atoms with Crippen molar-refractivity contribution in [3.05, 3.63) is 68.6 Å². The molecule has 0 aliphatic carbocycles. The zero-order chi connectivity index (χ0) is 20.3. The van der Waals surface area contributed by atoms with Gasteiger partial charge in [0.2, 0.25) is 5.91 Å². The highest BCUT2D eigenvalue weighted by molar-refractivity contribution is 9.10. The van der Waals surface area contributed by atoms with Gasteiger partial charge in [0, 0.05) is 22.1 Å². The molecule has 0 atom stereocenters. The number of hydrogen-bond acceptors (Lipinski definition) is 4. The van der Waals surface area contributed by atoms with Crippen molar-refractivity contribution in [3.8, 4) is 10.6 Å². The summed E-state index contributed by atoms with van der Waals surface area (Å²) in [6.45, 7) is 1.73. The summed E-state index contributed by atoms with van der Waals surface area (Å²) in [6.07, 6.45) is 0. The van der Waals surface area contributed by atoms with E-state index in [1.165, 1.54) is 16.2 Å². The molecule has 3 rings (SSSR count). The number of hydrogen-bond donors (Lipinski definition) is 1. The van der Waals surface area contributed by atoms with Crippen molar-refractivity contribution < 1.29 is 9.59 Å². The Bertz CT molecular complexity index is 1020. The molecule has 5 nitrogen and oxygen atoms in total. The van der Waals surface area contributed by atoms with Crippen molar-refractivity contribution in [1.29, 1.82) is 0 Å². The summed E-state index contributed by atoms with van der Waals surface area (Å²) in [5.41, 5.74) is 2.19. The molecule has 3 aromatic rings. The van der Waals surface area contributed by atoms with E-state index in [1.807, 2.05) is 30.3 Å². The lowest BCUT2D eigenvalue weighted by Crippen LogP contribution is -2.34. The number of benzene rings is 2. The average molecular weight is 479 g/mol. The molecule has 144 valence electrons. The third kappa shape index (κ3) is 4.79. The Labute approximate surface area is 180 Å². The van der Waals surface area contributed by atoms with Gasteiger partial charge in [-0.05, 0) is 47.1 Å². The number of carbonyl (C=O) groups excluding carboxylic acids is 2. The number of thiazole rings is 1. The van der Waals surface area contributed by atoms with E-state index in [4.69, 9.17) is 11.6 Å². The summed E-state index contributed by atoms with van der Waals surface area (Å²) < 4.78 is 0.781. The van der Waals surface area contributed by atoms with Gasteiger partial charge in [-0.15, -0.1) is 11.3 Å². The summed E-state index contributed by atoms with van der Waals surface area (Å²) in [7, 11) is 1.60. The first kappa shape index (κ1) is 20.5. The Hall–Kier alpha value is -2.22. The Balaban J connectivity index is 1.70. The summed E-state index contributed by atoms with van der Waals surface area (Å²) in [4.78, 5) is 31.5. The Morgan fingerprint density at radius 2 is 1.86 bits per heavy atom. The first-order valence-corrected chi connectivity index (χ1v) is 10.4. The van der Waals surface area contributed by atoms with Gasteiger partial charge in [-0.3, -0.25) is 9.59 Å². The maximum Gasteiger partial charge on any atom is 0.266 e. The number of para-hydroxylation sites is 1. The van der Waals surface area contributed by atoms with Gasteiger partial charge in [-0.1, -0.05) is 35.9 Å². The second-order valence-corrected chi connectivity index (χ2v) is 8.42. The summed E-state index contributed by atoms with van der Waals surface area (Å²) in [5.74, 6) is -0.514. The van der Waals surface area contributed by atoms with Crippen molar-refractivity contribution in [2.45, 2.75) is 6.92 Å². The Morgan fingerprint density at radius 3 is 2.54 bits per heavy atom. The van der Waals surface area contributed by atoms with Crippen LogP contribution in [0.2, 0.25) is 5.02 Å². The maximum atomic E-state index is 12.8. The van der Waals surface area contributed by atoms with Gasteiger partial charge in [0.1, 0.15) is 9.88 Å². The van der Waals surface area contributed by atoms with Crippen LogP contribution in [-0.2, 0) is 4.79 Å². The number of aryl methyl sites for hydroxylation is 1. The van der Waals surface area contributed by atoms with Crippen LogP contribution in [-0.4, -0.2) is 35.3 Å². The van der Waals surface area contributed by atoms with E-state index < -0.39 is 0 Å². The molecule has 1 aromatic heterocycles. The highest BCUT2D eigenvalue weighted by Crippen LogP contribution is 2.29. The highest BCUT2D eigenvalue weighted by atomic mass is 79.9. The number of likely N-dealkylation sites (N-methyl/N-ethyl adjacent to an activating group) is 1. The minimum absolute atomic E-state index is 0.0617. The van der Waals surface area contributed by atoms with E-state index >= 15 is 0 Å². The van der Waals surface area contributed by atoms with Crippen molar-refractivity contribution in [3.63, 3.8) is 0 Å². The molecule has 0 bridgehead atoms. The molecular formula is C20H17BrClN3O2S. The van der Waals surface area contributed by atoms with Gasteiger partial charge in [-0.2, -0.15) is 0 Å². The standard InChI is InChI=1S/C20H17BrClN3O2S/c1-12-18(28-19(23-12)13-7-9-14(22)10-8-13)20(27)25(2)11-17(26)24-16-6-4-3-5-15(16)21/h3-10H,11H2,1-2H3,(H,24,26). The van der Waals surface area contributed by atoms with E-state index in [-0.39, 0.29) is 18.4 Å². The zero-order valence-corrected chi connectivity index (χ0v) is 18.4. The number of anilines is 1. The zero-order valence-electron chi connectivity index (χ0n) is 15.2. The maximum absolute atomic E-state index is 12.8. The first-order chi connectivity index (χ1) is 13.3. The smallest absolute Gasteiger partial charge is 0.266 e. The molecule has 1 heterocycles. The lowest BCUT2D eigenvalue weighted by atomic mass is 10.2. The predicted octanol–water partition coefficient (Wildman–Crippen LogP) is 5.25. The summed E-state index contributed by atoms with van der Waals surface area (Å²) in [6, 6.07) is 14.6. The monoisotopic (exact) mass is 477 g/mol. The van der Waals surface area contributed by atoms with Crippen LogP contribution < -0.4 is 5.32 Å². The van der Waals surface area contributed by atoms with Crippen molar-refractivity contribution in [1.82, 2.24) is 9.88 Å². The van der Waals surface area contributed by atoms with Gasteiger partial charge in [0.15, 0.2) is 0 Å². The van der Waals surface area contributed by atoms with Gasteiger partial charge >= 0.3 is 0 Å². The van der Waals surface area contributed by atoms with Crippen LogP contribution in [0, 0.1) is 6.92 Å². The summed E-state index contributed by atoms with van der Waals surface area (Å²) >= 11 is 10.6. The summed E-state index contributed by atoms with van der Waals surface area (Å²) in [5, 5.41) is 4.18. The number of nitrogens with zero attached hydrogens (tertiary/aromatic N) is 2. The number of halogens is 2. The van der Waals surface area contributed by atoms with Crippen LogP contribution in [0.25, 0.3) is 10.6 Å². The molecule has 0 aliphatic rings. The topological polar surface area (TPSA) is 62.3 Å². The average Bonchev–Trinajstić information content (AvgIpc) is 3.05. The fraction of sp³-hybridized carbons (Fsp3) is 0.150. The van der Waals surface area contributed by atoms with E-state index in [0.29, 0.717) is 21.3 Å². The minimum atomic E-state index is -0.275. The highest BCUT2D eigenvalue weighted by Gasteiger charge is 2.21. The van der Waals surface area contributed by atoms with E-state index in [9.17, 15) is 9.59 Å². The number of aromatic nitrogens is 1. The van der Waals surface area contributed by atoms with E-state index in [2.05, 4.69) is 26.2 Å². The molecule has 2 amide bonds. The molecule has 2 aromatic carbocycles. The Kier molecular flexibility index (Phi) is 6.49. The first-order valence-electron chi connectivity index (χ1n) is 8.38. The largest absolute Gasteiger partial charge is 0.332 e. The fourth-order valence-electron chi connectivity index (χ4n) is 2.52. The second-order valence-electron chi connectivity index (χ2n) is 6.13. The van der Waals surface area contributed by atoms with Crippen molar-refractivity contribution >= 4 is 56.4 Å². The Morgan fingerprint density at radius 1 is 1.18 bits per heavy atom. The van der Waals surface area contributed by atoms with E-state index in [0.717, 1.165) is 15.0 Å². The van der Waals surface area contributed by atoms with Crippen LogP contribution in [0.1, 0.15) is 15.4 Å². The van der Waals surface area contributed by atoms with Crippen LogP contribution in [0.5, 0.6) is 0 Å². The fourth-order valence-corrected chi connectivity index (χ4v) is 4.10. The quantitative estimate of drug-likeness (QED) is 0.545. The third-order valence-corrected chi connectivity index (χ3v) is 6.10. The van der Waals surface area contributed by atoms with Crippen molar-refractivity contribution in [2.75, 3.05) is 18.9 Å². The molecule has 0 saturated carbocycles. The molecule has 8 heteroatoms.